The van der Waals surface area contributed by atoms with Gasteiger partial charge in [0.15, 0.2) is 0 Å². The molecule has 4 rings (SSSR count). The van der Waals surface area contributed by atoms with Crippen molar-refractivity contribution in [3.63, 3.8) is 0 Å². The molecular weight excluding hydrogens is 497 g/mol. The van der Waals surface area contributed by atoms with Crippen LogP contribution in [-0.2, 0) is 14.6 Å². The van der Waals surface area contributed by atoms with Crippen LogP contribution in [0.5, 0.6) is 5.75 Å². The number of carbonyl (C=O) groups excluding carboxylic acids is 1. The van der Waals surface area contributed by atoms with Gasteiger partial charge in [-0.1, -0.05) is 23.2 Å². The SMILES string of the molecule is COc1ccc(-c2cn(-c3ccc(Cl)cc3)c(S(=O)(=O)CC(=O)Nc3ccc(Cl)cc3)n2)cc1. The molecule has 0 radical (unpaired) electrons. The van der Waals surface area contributed by atoms with Gasteiger partial charge in [-0.05, 0) is 72.8 Å². The summed E-state index contributed by atoms with van der Waals surface area (Å²) in [6.45, 7) is 0. The van der Waals surface area contributed by atoms with E-state index in [0.29, 0.717) is 38.4 Å². The van der Waals surface area contributed by atoms with Crippen molar-refractivity contribution in [2.45, 2.75) is 5.16 Å². The van der Waals surface area contributed by atoms with Crippen molar-refractivity contribution in [1.82, 2.24) is 9.55 Å². The van der Waals surface area contributed by atoms with Crippen molar-refractivity contribution in [2.24, 2.45) is 0 Å². The molecule has 0 bridgehead atoms. The van der Waals surface area contributed by atoms with Crippen LogP contribution in [0.3, 0.4) is 0 Å². The number of benzene rings is 3. The monoisotopic (exact) mass is 515 g/mol. The van der Waals surface area contributed by atoms with E-state index < -0.39 is 21.5 Å². The Kier molecular flexibility index (Phi) is 6.92. The summed E-state index contributed by atoms with van der Waals surface area (Å²) in [4.78, 5) is 16.9. The number of anilines is 1. The zero-order valence-electron chi connectivity index (χ0n) is 17.9. The number of imidazole rings is 1. The quantitative estimate of drug-likeness (QED) is 0.362. The van der Waals surface area contributed by atoms with E-state index in [9.17, 15) is 13.2 Å². The predicted molar refractivity (Wildman–Crippen MR) is 133 cm³/mol. The van der Waals surface area contributed by atoms with Gasteiger partial charge < -0.3 is 10.1 Å². The predicted octanol–water partition coefficient (Wildman–Crippen LogP) is 5.27. The Morgan fingerprint density at radius 2 is 1.53 bits per heavy atom. The minimum atomic E-state index is -4.12. The number of halogens is 2. The molecule has 1 N–H and O–H groups in total. The van der Waals surface area contributed by atoms with Gasteiger partial charge >= 0.3 is 0 Å². The highest BCUT2D eigenvalue weighted by atomic mass is 35.5. The maximum absolute atomic E-state index is 13.3. The number of nitrogens with zero attached hydrogens (tertiary/aromatic N) is 2. The summed E-state index contributed by atoms with van der Waals surface area (Å²) in [6, 6.07) is 20.1. The van der Waals surface area contributed by atoms with Crippen LogP contribution < -0.4 is 10.1 Å². The zero-order valence-corrected chi connectivity index (χ0v) is 20.2. The number of hydrogen-bond acceptors (Lipinski definition) is 5. The van der Waals surface area contributed by atoms with E-state index in [1.165, 1.54) is 4.57 Å². The van der Waals surface area contributed by atoms with Crippen molar-refractivity contribution < 1.29 is 17.9 Å². The highest BCUT2D eigenvalue weighted by Gasteiger charge is 2.27. The van der Waals surface area contributed by atoms with Gasteiger partial charge in [0.2, 0.25) is 20.9 Å². The molecule has 1 heterocycles. The average Bonchev–Trinajstić information content (AvgIpc) is 3.27. The summed E-state index contributed by atoms with van der Waals surface area (Å²) in [5.41, 5.74) is 2.09. The van der Waals surface area contributed by atoms with Gasteiger partial charge in [-0.25, -0.2) is 13.4 Å². The maximum Gasteiger partial charge on any atom is 0.240 e. The van der Waals surface area contributed by atoms with Crippen LogP contribution >= 0.6 is 23.2 Å². The minimum Gasteiger partial charge on any atom is -0.497 e. The highest BCUT2D eigenvalue weighted by Crippen LogP contribution is 2.27. The van der Waals surface area contributed by atoms with Gasteiger partial charge in [0.1, 0.15) is 11.5 Å². The molecule has 1 aromatic heterocycles. The molecule has 10 heteroatoms. The molecule has 34 heavy (non-hydrogen) atoms. The van der Waals surface area contributed by atoms with E-state index in [4.69, 9.17) is 27.9 Å². The summed E-state index contributed by atoms with van der Waals surface area (Å²) in [6.07, 6.45) is 1.61. The number of rotatable bonds is 7. The number of amides is 1. The average molecular weight is 516 g/mol. The molecule has 0 aliphatic rings. The lowest BCUT2D eigenvalue weighted by atomic mass is 10.1. The molecule has 3 aromatic carbocycles. The first-order valence-corrected chi connectivity index (χ1v) is 12.4. The molecule has 0 aliphatic heterocycles. The Hall–Kier alpha value is -3.33. The second kappa shape index (κ2) is 9.89. The van der Waals surface area contributed by atoms with Gasteiger partial charge in [0.05, 0.1) is 12.8 Å². The fourth-order valence-corrected chi connectivity index (χ4v) is 4.73. The fourth-order valence-electron chi connectivity index (χ4n) is 3.24. The second-order valence-electron chi connectivity index (χ2n) is 7.30. The molecule has 0 fully saturated rings. The summed E-state index contributed by atoms with van der Waals surface area (Å²) in [5.74, 6) is -0.825. The lowest BCUT2D eigenvalue weighted by Gasteiger charge is -2.09. The summed E-state index contributed by atoms with van der Waals surface area (Å²) < 4.78 is 33.2. The van der Waals surface area contributed by atoms with Crippen LogP contribution in [0.4, 0.5) is 5.69 Å². The summed E-state index contributed by atoms with van der Waals surface area (Å²) in [7, 11) is -2.56. The van der Waals surface area contributed by atoms with Crippen LogP contribution in [0.25, 0.3) is 16.9 Å². The number of ether oxygens (including phenoxy) is 1. The standard InChI is InChI=1S/C24H19Cl2N3O4S/c1-33-21-12-2-16(3-13-21)22-14-29(20-10-6-18(26)7-11-20)24(28-22)34(31,32)15-23(30)27-19-8-4-17(25)5-9-19/h2-14H,15H2,1H3,(H,27,30). The van der Waals surface area contributed by atoms with Crippen molar-refractivity contribution in [2.75, 3.05) is 18.2 Å². The largest absolute Gasteiger partial charge is 0.497 e. The molecule has 0 saturated heterocycles. The number of carbonyl (C=O) groups is 1. The van der Waals surface area contributed by atoms with E-state index in [1.807, 2.05) is 0 Å². The topological polar surface area (TPSA) is 90.3 Å². The van der Waals surface area contributed by atoms with Crippen LogP contribution in [0.1, 0.15) is 0 Å². The molecular formula is C24H19Cl2N3O4S. The third-order valence-corrected chi connectivity index (χ3v) is 6.88. The molecule has 0 saturated carbocycles. The van der Waals surface area contributed by atoms with Gasteiger partial charge in [-0.15, -0.1) is 0 Å². The lowest BCUT2D eigenvalue weighted by molar-refractivity contribution is -0.113. The van der Waals surface area contributed by atoms with E-state index in [1.54, 1.807) is 86.1 Å². The van der Waals surface area contributed by atoms with Crippen LogP contribution in [-0.4, -0.2) is 36.7 Å². The Balaban J connectivity index is 1.70. The fraction of sp³-hybridized carbons (Fsp3) is 0.0833. The molecule has 4 aromatic rings. The number of aromatic nitrogens is 2. The zero-order chi connectivity index (χ0) is 24.3. The normalized spacial score (nSPS) is 11.3. The van der Waals surface area contributed by atoms with Crippen molar-refractivity contribution >= 4 is 44.6 Å². The minimum absolute atomic E-state index is 0.258. The van der Waals surface area contributed by atoms with Gasteiger partial charge in [0, 0.05) is 33.2 Å². The molecule has 0 unspecified atom stereocenters. The summed E-state index contributed by atoms with van der Waals surface area (Å²) >= 11 is 11.9. The second-order valence-corrected chi connectivity index (χ2v) is 10.1. The molecule has 0 atom stereocenters. The highest BCUT2D eigenvalue weighted by molar-refractivity contribution is 7.92. The van der Waals surface area contributed by atoms with Gasteiger partial charge in [0.25, 0.3) is 0 Å². The smallest absolute Gasteiger partial charge is 0.240 e. The van der Waals surface area contributed by atoms with Crippen LogP contribution in [0, 0.1) is 0 Å². The van der Waals surface area contributed by atoms with Crippen LogP contribution in [0.2, 0.25) is 10.0 Å². The Bertz CT molecular complexity index is 1420. The molecule has 174 valence electrons. The number of hydrogen-bond donors (Lipinski definition) is 1. The molecule has 0 aliphatic carbocycles. The van der Waals surface area contributed by atoms with E-state index >= 15 is 0 Å². The van der Waals surface area contributed by atoms with Crippen molar-refractivity contribution in [3.8, 4) is 22.7 Å². The number of methoxy groups -OCH3 is 1. The third-order valence-electron chi connectivity index (χ3n) is 4.89. The Labute approximate surface area is 206 Å². The van der Waals surface area contributed by atoms with Gasteiger partial charge in [-0.2, -0.15) is 0 Å². The Morgan fingerprint density at radius 1 is 0.941 bits per heavy atom. The maximum atomic E-state index is 13.3. The first-order valence-electron chi connectivity index (χ1n) is 10.0. The molecule has 0 spiro atoms. The van der Waals surface area contributed by atoms with Crippen molar-refractivity contribution in [1.29, 1.82) is 0 Å². The first kappa shape index (κ1) is 23.8. The van der Waals surface area contributed by atoms with E-state index in [0.717, 1.165) is 0 Å². The van der Waals surface area contributed by atoms with Gasteiger partial charge in [-0.3, -0.25) is 9.36 Å². The number of nitrogens with one attached hydrogen (secondary N) is 1. The molecule has 7 nitrogen and oxygen atoms in total. The number of sulfone groups is 1. The Morgan fingerprint density at radius 3 is 2.12 bits per heavy atom. The third kappa shape index (κ3) is 5.41. The summed E-state index contributed by atoms with van der Waals surface area (Å²) in [5, 5.41) is 3.32. The van der Waals surface area contributed by atoms with E-state index in [-0.39, 0.29) is 5.16 Å². The lowest BCUT2D eigenvalue weighted by Crippen LogP contribution is -2.25. The first-order chi connectivity index (χ1) is 16.2. The van der Waals surface area contributed by atoms with Crippen LogP contribution in [0.15, 0.2) is 84.1 Å². The molecule has 1 amide bonds. The van der Waals surface area contributed by atoms with Crippen molar-refractivity contribution in [3.05, 3.63) is 89.0 Å². The van der Waals surface area contributed by atoms with E-state index in [2.05, 4.69) is 10.3 Å².